The highest BCUT2D eigenvalue weighted by Crippen LogP contribution is 2.11. The van der Waals surface area contributed by atoms with E-state index in [4.69, 9.17) is 17.3 Å². The molecule has 0 radical (unpaired) electrons. The predicted molar refractivity (Wildman–Crippen MR) is 99.0 cm³/mol. The van der Waals surface area contributed by atoms with E-state index in [-0.39, 0.29) is 17.2 Å². The molecule has 3 atom stereocenters. The summed E-state index contributed by atoms with van der Waals surface area (Å²) in [6.45, 7) is 3.62. The lowest BCUT2D eigenvalue weighted by molar-refractivity contribution is -0.131. The van der Waals surface area contributed by atoms with E-state index in [2.05, 4.69) is 36.2 Å². The van der Waals surface area contributed by atoms with Crippen molar-refractivity contribution in [2.75, 3.05) is 17.2 Å². The smallest absolute Gasteiger partial charge is 0.242 e. The van der Waals surface area contributed by atoms with Gasteiger partial charge in [-0.15, -0.1) is 0 Å². The molecular weight excluding hydrogens is 376 g/mol. The topological polar surface area (TPSA) is 164 Å². The molecular formula is C15H23ClN8O3. The zero-order chi connectivity index (χ0) is 20.0. The van der Waals surface area contributed by atoms with Gasteiger partial charge in [0.25, 0.3) is 0 Å². The highest BCUT2D eigenvalue weighted by molar-refractivity contribution is 6.28. The number of carbonyl (C=O) groups excluding carboxylic acids is 3. The Morgan fingerprint density at radius 3 is 2.33 bits per heavy atom. The zero-order valence-electron chi connectivity index (χ0n) is 15.1. The third kappa shape index (κ3) is 6.20. The van der Waals surface area contributed by atoms with Crippen molar-refractivity contribution in [1.82, 2.24) is 25.6 Å². The molecule has 0 saturated carbocycles. The van der Waals surface area contributed by atoms with Gasteiger partial charge < -0.3 is 27.0 Å². The number of nitrogens with two attached hydrogens (primary N) is 1. The highest BCUT2D eigenvalue weighted by atomic mass is 35.5. The second-order valence-electron chi connectivity index (χ2n) is 6.23. The maximum Gasteiger partial charge on any atom is 0.242 e. The number of halogens is 1. The van der Waals surface area contributed by atoms with Crippen LogP contribution in [0.4, 0.5) is 11.9 Å². The van der Waals surface area contributed by atoms with E-state index in [0.29, 0.717) is 25.8 Å². The van der Waals surface area contributed by atoms with E-state index in [1.54, 1.807) is 6.92 Å². The van der Waals surface area contributed by atoms with E-state index in [1.165, 1.54) is 6.92 Å². The molecule has 11 nitrogen and oxygen atoms in total. The Morgan fingerprint density at radius 1 is 1.00 bits per heavy atom. The summed E-state index contributed by atoms with van der Waals surface area (Å²) in [7, 11) is 0. The summed E-state index contributed by atoms with van der Waals surface area (Å²) in [6, 6.07) is -2.40. The fraction of sp³-hybridized carbons (Fsp3) is 0.600. The van der Waals surface area contributed by atoms with Gasteiger partial charge in [-0.2, -0.15) is 15.0 Å². The number of nitrogens with one attached hydrogen (secondary N) is 4. The van der Waals surface area contributed by atoms with Crippen LogP contribution < -0.4 is 27.0 Å². The normalized spacial score (nSPS) is 24.8. The molecule has 1 aromatic heterocycles. The molecule has 2 rings (SSSR count). The summed E-state index contributed by atoms with van der Waals surface area (Å²) in [5.74, 6) is -1.16. The fourth-order valence-electron chi connectivity index (χ4n) is 2.41. The molecule has 1 aliphatic rings. The maximum atomic E-state index is 12.3. The van der Waals surface area contributed by atoms with Gasteiger partial charge in [0, 0.05) is 6.54 Å². The van der Waals surface area contributed by atoms with Gasteiger partial charge in [-0.3, -0.25) is 14.4 Å². The summed E-state index contributed by atoms with van der Waals surface area (Å²) < 4.78 is 0. The first kappa shape index (κ1) is 20.6. The van der Waals surface area contributed by atoms with Crippen molar-refractivity contribution in [1.29, 1.82) is 0 Å². The first-order chi connectivity index (χ1) is 12.8. The van der Waals surface area contributed by atoms with Crippen LogP contribution in [-0.2, 0) is 14.4 Å². The Kier molecular flexibility index (Phi) is 7.11. The van der Waals surface area contributed by atoms with Crippen LogP contribution in [0.2, 0.25) is 5.28 Å². The maximum absolute atomic E-state index is 12.3. The first-order valence-electron chi connectivity index (χ1n) is 8.58. The summed E-state index contributed by atoms with van der Waals surface area (Å²) >= 11 is 5.90. The van der Waals surface area contributed by atoms with E-state index in [0.717, 1.165) is 0 Å². The highest BCUT2D eigenvalue weighted by Gasteiger charge is 2.24. The average molecular weight is 399 g/mol. The molecule has 0 aliphatic carbocycles. The largest absolute Gasteiger partial charge is 0.368 e. The molecule has 3 amide bonds. The average Bonchev–Trinajstić information content (AvgIpc) is 2.58. The molecule has 2 heterocycles. The van der Waals surface area contributed by atoms with Crippen molar-refractivity contribution in [3.8, 4) is 0 Å². The Hall–Kier alpha value is -2.69. The van der Waals surface area contributed by atoms with Gasteiger partial charge in [-0.25, -0.2) is 0 Å². The van der Waals surface area contributed by atoms with Crippen molar-refractivity contribution in [3.63, 3.8) is 0 Å². The molecule has 0 fully saturated rings. The molecule has 12 heteroatoms. The van der Waals surface area contributed by atoms with Crippen LogP contribution in [0.25, 0.3) is 0 Å². The summed E-state index contributed by atoms with van der Waals surface area (Å²) in [5, 5.41) is 10.9. The lowest BCUT2D eigenvalue weighted by atomic mass is 10.1. The van der Waals surface area contributed by atoms with Crippen molar-refractivity contribution >= 4 is 41.2 Å². The number of fused-ring (bicyclic) bond motifs is 2. The van der Waals surface area contributed by atoms with Crippen molar-refractivity contribution in [2.45, 2.75) is 51.2 Å². The molecule has 0 saturated heterocycles. The number of carbonyl (C=O) groups is 3. The van der Waals surface area contributed by atoms with Gasteiger partial charge in [0.05, 0.1) is 0 Å². The first-order valence-corrected chi connectivity index (χ1v) is 8.96. The number of primary amides is 1. The molecule has 6 N–H and O–H groups in total. The van der Waals surface area contributed by atoms with Crippen LogP contribution in [0.15, 0.2) is 0 Å². The number of rotatable bonds is 1. The number of hydrogen-bond donors (Lipinski definition) is 5. The van der Waals surface area contributed by atoms with Gasteiger partial charge >= 0.3 is 0 Å². The van der Waals surface area contributed by atoms with Gasteiger partial charge in [0.2, 0.25) is 34.9 Å². The molecule has 0 spiro atoms. The van der Waals surface area contributed by atoms with E-state index in [9.17, 15) is 14.4 Å². The Morgan fingerprint density at radius 2 is 1.63 bits per heavy atom. The number of aromatic nitrogens is 3. The van der Waals surface area contributed by atoms with Gasteiger partial charge in [-0.05, 0) is 44.7 Å². The number of hydrogen-bond acceptors (Lipinski definition) is 8. The number of nitrogens with zero attached hydrogens (tertiary/aromatic N) is 3. The van der Waals surface area contributed by atoms with Gasteiger partial charge in [-0.1, -0.05) is 0 Å². The quantitative estimate of drug-likeness (QED) is 0.418. The lowest BCUT2D eigenvalue weighted by Gasteiger charge is -2.21. The SMILES string of the molecule is C[C@@H]1NC(=O)[C@H](C)Nc2nc(Cl)nc(n2)NCCCC[C@H](C(N)=O)NC1=O. The summed E-state index contributed by atoms with van der Waals surface area (Å²) in [4.78, 5) is 48.2. The van der Waals surface area contributed by atoms with E-state index < -0.39 is 35.8 Å². The molecule has 1 aliphatic heterocycles. The molecule has 148 valence electrons. The molecule has 0 unspecified atom stereocenters. The Balaban J connectivity index is 2.20. The van der Waals surface area contributed by atoms with Crippen molar-refractivity contribution in [3.05, 3.63) is 5.28 Å². The standard InChI is InChI=1S/C15H23ClN8O3/c1-7-12(27)21-9(10(17)25)5-3-4-6-18-14-22-13(16)23-15(24-14)20-8(2)11(26)19-7/h7-9H,3-6H2,1-2H3,(H2,17,25)(H,19,26)(H,21,27)(H2,18,20,22,23,24)/t7-,8-,9+/m0/s1. The monoisotopic (exact) mass is 398 g/mol. The Labute approximate surface area is 161 Å². The summed E-state index contributed by atoms with van der Waals surface area (Å²) in [5.41, 5.74) is 5.36. The Bertz CT molecular complexity index is 716. The fourth-order valence-corrected chi connectivity index (χ4v) is 2.57. The van der Waals surface area contributed by atoms with Crippen molar-refractivity contribution in [2.24, 2.45) is 5.73 Å². The molecule has 1 aromatic rings. The van der Waals surface area contributed by atoms with Crippen LogP contribution in [0.3, 0.4) is 0 Å². The van der Waals surface area contributed by atoms with E-state index >= 15 is 0 Å². The van der Waals surface area contributed by atoms with Crippen LogP contribution in [-0.4, -0.2) is 57.3 Å². The molecule has 2 bridgehead atoms. The third-order valence-corrected chi connectivity index (χ3v) is 4.13. The van der Waals surface area contributed by atoms with Crippen LogP contribution >= 0.6 is 11.6 Å². The minimum Gasteiger partial charge on any atom is -0.368 e. The van der Waals surface area contributed by atoms with Gasteiger partial charge in [0.1, 0.15) is 18.1 Å². The lowest BCUT2D eigenvalue weighted by Crippen LogP contribution is -2.53. The number of amides is 3. The van der Waals surface area contributed by atoms with Crippen molar-refractivity contribution < 1.29 is 14.4 Å². The minimum absolute atomic E-state index is 0.0229. The second kappa shape index (κ2) is 9.31. The number of anilines is 2. The third-order valence-electron chi connectivity index (χ3n) is 3.96. The van der Waals surface area contributed by atoms with Gasteiger partial charge in [0.15, 0.2) is 0 Å². The molecule has 27 heavy (non-hydrogen) atoms. The second-order valence-corrected chi connectivity index (χ2v) is 6.57. The van der Waals surface area contributed by atoms with Crippen LogP contribution in [0.1, 0.15) is 33.1 Å². The summed E-state index contributed by atoms with van der Waals surface area (Å²) in [6.07, 6.45) is 1.70. The predicted octanol–water partition coefficient (Wildman–Crippen LogP) is -0.604. The van der Waals surface area contributed by atoms with Crippen LogP contribution in [0, 0.1) is 0 Å². The minimum atomic E-state index is -0.851. The van der Waals surface area contributed by atoms with Crippen LogP contribution in [0.5, 0.6) is 0 Å². The zero-order valence-corrected chi connectivity index (χ0v) is 15.8. The van der Waals surface area contributed by atoms with E-state index in [1.807, 2.05) is 0 Å². The molecule has 0 aromatic carbocycles.